The van der Waals surface area contributed by atoms with Crippen LogP contribution >= 0.6 is 15.9 Å². The van der Waals surface area contributed by atoms with Crippen molar-refractivity contribution in [3.8, 4) is 0 Å². The normalized spacial score (nSPS) is 11.7. The lowest BCUT2D eigenvalue weighted by molar-refractivity contribution is -0.121. The molecule has 3 rings (SSSR count). The smallest absolute Gasteiger partial charge is 0.255 e. The van der Waals surface area contributed by atoms with E-state index < -0.39 is 28.3 Å². The fraction of sp³-hybridized carbons (Fsp3) is 0.0909. The van der Waals surface area contributed by atoms with Gasteiger partial charge in [0.15, 0.2) is 0 Å². The molecule has 0 saturated heterocycles. The van der Waals surface area contributed by atoms with Crippen LogP contribution in [-0.2, 0) is 21.4 Å². The van der Waals surface area contributed by atoms with Gasteiger partial charge in [-0.15, -0.1) is 0 Å². The fourth-order valence-electron chi connectivity index (χ4n) is 2.72. The number of nitrogens with one attached hydrogen (secondary N) is 1. The van der Waals surface area contributed by atoms with Crippen molar-refractivity contribution >= 4 is 38.1 Å². The number of carbonyl (C=O) groups excluding carboxylic acids is 1. The Balaban J connectivity index is 1.78. The van der Waals surface area contributed by atoms with Crippen molar-refractivity contribution in [3.63, 3.8) is 0 Å². The molecule has 31 heavy (non-hydrogen) atoms. The first kappa shape index (κ1) is 22.8. The van der Waals surface area contributed by atoms with Crippen molar-refractivity contribution in [3.05, 3.63) is 100 Å². The fourth-order valence-corrected chi connectivity index (χ4v) is 4.37. The number of carbonyl (C=O) groups is 1. The zero-order chi connectivity index (χ0) is 22.3. The van der Waals surface area contributed by atoms with E-state index in [0.717, 1.165) is 20.6 Å². The van der Waals surface area contributed by atoms with Crippen LogP contribution in [0.5, 0.6) is 0 Å². The number of amides is 1. The van der Waals surface area contributed by atoms with Crippen molar-refractivity contribution in [1.29, 1.82) is 0 Å². The van der Waals surface area contributed by atoms with Crippen molar-refractivity contribution < 1.29 is 17.6 Å². The van der Waals surface area contributed by atoms with E-state index in [1.54, 1.807) is 48.5 Å². The summed E-state index contributed by atoms with van der Waals surface area (Å²) >= 11 is 3.28. The molecule has 0 aliphatic rings. The van der Waals surface area contributed by atoms with Gasteiger partial charge in [0.2, 0.25) is 10.0 Å². The number of benzene rings is 3. The van der Waals surface area contributed by atoms with E-state index in [4.69, 9.17) is 0 Å². The number of rotatable bonds is 8. The summed E-state index contributed by atoms with van der Waals surface area (Å²) in [5.41, 5.74) is 3.19. The summed E-state index contributed by atoms with van der Waals surface area (Å²) in [5, 5.41) is 3.74. The number of hydrogen-bond donors (Lipinski definition) is 1. The van der Waals surface area contributed by atoms with Gasteiger partial charge in [-0.25, -0.2) is 18.2 Å². The predicted molar refractivity (Wildman–Crippen MR) is 120 cm³/mol. The minimum Gasteiger partial charge on any atom is -0.272 e. The summed E-state index contributed by atoms with van der Waals surface area (Å²) in [7, 11) is -3.96. The van der Waals surface area contributed by atoms with Gasteiger partial charge < -0.3 is 0 Å². The molecule has 0 unspecified atom stereocenters. The Bertz CT molecular complexity index is 1170. The van der Waals surface area contributed by atoms with Crippen LogP contribution in [0, 0.1) is 5.82 Å². The molecule has 0 radical (unpaired) electrons. The predicted octanol–water partition coefficient (Wildman–Crippen LogP) is 3.93. The van der Waals surface area contributed by atoms with Gasteiger partial charge in [0.1, 0.15) is 5.82 Å². The Morgan fingerprint density at radius 3 is 2.32 bits per heavy atom. The molecule has 9 heteroatoms. The minimum absolute atomic E-state index is 0.00366. The monoisotopic (exact) mass is 503 g/mol. The van der Waals surface area contributed by atoms with Crippen LogP contribution < -0.4 is 5.43 Å². The number of nitrogens with zero attached hydrogens (tertiary/aromatic N) is 2. The third-order valence-electron chi connectivity index (χ3n) is 4.27. The van der Waals surface area contributed by atoms with Gasteiger partial charge >= 0.3 is 0 Å². The lowest BCUT2D eigenvalue weighted by Gasteiger charge is -2.21. The van der Waals surface area contributed by atoms with Crippen LogP contribution in [-0.4, -0.2) is 31.4 Å². The van der Waals surface area contributed by atoms with E-state index in [1.807, 2.05) is 6.07 Å². The van der Waals surface area contributed by atoms with Gasteiger partial charge in [0, 0.05) is 16.6 Å². The average Bonchev–Trinajstić information content (AvgIpc) is 2.76. The van der Waals surface area contributed by atoms with Crippen LogP contribution in [0.2, 0.25) is 0 Å². The Morgan fingerprint density at radius 1 is 1.00 bits per heavy atom. The molecule has 3 aromatic rings. The summed E-state index contributed by atoms with van der Waals surface area (Å²) < 4.78 is 41.8. The second-order valence-corrected chi connectivity index (χ2v) is 9.38. The van der Waals surface area contributed by atoms with E-state index in [9.17, 15) is 17.6 Å². The molecule has 1 amide bonds. The molecule has 6 nitrogen and oxygen atoms in total. The lowest BCUT2D eigenvalue weighted by atomic mass is 10.2. The Hall–Kier alpha value is -2.88. The molecule has 3 aromatic carbocycles. The maximum absolute atomic E-state index is 13.6. The Kier molecular flexibility index (Phi) is 7.67. The highest BCUT2D eigenvalue weighted by molar-refractivity contribution is 9.10. The van der Waals surface area contributed by atoms with Crippen molar-refractivity contribution in [2.75, 3.05) is 6.54 Å². The molecular weight excluding hydrogens is 485 g/mol. The van der Waals surface area contributed by atoms with Crippen molar-refractivity contribution in [1.82, 2.24) is 9.73 Å². The van der Waals surface area contributed by atoms with E-state index in [1.165, 1.54) is 24.3 Å². The third-order valence-corrected chi connectivity index (χ3v) is 6.61. The van der Waals surface area contributed by atoms with Crippen LogP contribution in [0.15, 0.2) is 93.3 Å². The lowest BCUT2D eigenvalue weighted by Crippen LogP contribution is -2.39. The summed E-state index contributed by atoms with van der Waals surface area (Å²) in [5.74, 6) is -1.13. The van der Waals surface area contributed by atoms with Gasteiger partial charge in [0.05, 0.1) is 17.7 Å². The highest BCUT2D eigenvalue weighted by Gasteiger charge is 2.26. The molecule has 0 aliphatic carbocycles. The highest BCUT2D eigenvalue weighted by atomic mass is 79.9. The minimum atomic E-state index is -3.96. The van der Waals surface area contributed by atoms with Crippen LogP contribution in [0.1, 0.15) is 11.1 Å². The first-order valence-corrected chi connectivity index (χ1v) is 11.5. The van der Waals surface area contributed by atoms with Crippen LogP contribution in [0.3, 0.4) is 0 Å². The van der Waals surface area contributed by atoms with Gasteiger partial charge in [-0.05, 0) is 35.9 Å². The zero-order valence-corrected chi connectivity index (χ0v) is 18.7. The molecule has 0 fully saturated rings. The highest BCUT2D eigenvalue weighted by Crippen LogP contribution is 2.20. The van der Waals surface area contributed by atoms with Crippen LogP contribution in [0.4, 0.5) is 4.39 Å². The molecule has 0 aromatic heterocycles. The third kappa shape index (κ3) is 6.30. The Morgan fingerprint density at radius 2 is 1.65 bits per heavy atom. The average molecular weight is 504 g/mol. The van der Waals surface area contributed by atoms with Crippen LogP contribution in [0.25, 0.3) is 0 Å². The molecule has 0 heterocycles. The summed E-state index contributed by atoms with van der Waals surface area (Å²) in [6.45, 7) is -0.453. The second kappa shape index (κ2) is 10.4. The number of hydrazone groups is 1. The largest absolute Gasteiger partial charge is 0.272 e. The van der Waals surface area contributed by atoms with E-state index in [-0.39, 0.29) is 17.0 Å². The number of sulfonamides is 1. The molecule has 160 valence electrons. The first-order chi connectivity index (χ1) is 14.9. The molecule has 0 aliphatic heterocycles. The summed E-state index contributed by atoms with van der Waals surface area (Å²) in [6.07, 6.45) is 1.16. The molecule has 0 atom stereocenters. The molecular formula is C22H19BrFN3O3S. The maximum Gasteiger partial charge on any atom is 0.255 e. The SMILES string of the molecule is O=C(CN(Cc1ccccc1)S(=O)(=O)c1ccc(Br)cc1)N/N=C\c1ccccc1F. The van der Waals surface area contributed by atoms with Gasteiger partial charge in [-0.2, -0.15) is 9.41 Å². The van der Waals surface area contributed by atoms with E-state index in [0.29, 0.717) is 0 Å². The number of hydrogen-bond acceptors (Lipinski definition) is 4. The molecule has 1 N–H and O–H groups in total. The summed E-state index contributed by atoms with van der Waals surface area (Å²) in [6, 6.07) is 21.1. The van der Waals surface area contributed by atoms with E-state index in [2.05, 4.69) is 26.5 Å². The zero-order valence-electron chi connectivity index (χ0n) is 16.3. The summed E-state index contributed by atoms with van der Waals surface area (Å²) in [4.78, 5) is 12.5. The topological polar surface area (TPSA) is 78.8 Å². The first-order valence-electron chi connectivity index (χ1n) is 9.22. The van der Waals surface area contributed by atoms with Crippen molar-refractivity contribution in [2.24, 2.45) is 5.10 Å². The second-order valence-electron chi connectivity index (χ2n) is 6.53. The van der Waals surface area contributed by atoms with Crippen molar-refractivity contribution in [2.45, 2.75) is 11.4 Å². The number of halogens is 2. The molecule has 0 saturated carbocycles. The van der Waals surface area contributed by atoms with Gasteiger partial charge in [-0.3, -0.25) is 4.79 Å². The maximum atomic E-state index is 13.6. The molecule has 0 spiro atoms. The standard InChI is InChI=1S/C22H19BrFN3O3S/c23-19-10-12-20(13-11-19)31(29,30)27(15-17-6-2-1-3-7-17)16-22(28)26-25-14-18-8-4-5-9-21(18)24/h1-14H,15-16H2,(H,26,28)/b25-14-. The van der Waals surface area contributed by atoms with Gasteiger partial charge in [-0.1, -0.05) is 64.5 Å². The molecule has 0 bridgehead atoms. The van der Waals surface area contributed by atoms with E-state index >= 15 is 0 Å². The Labute approximate surface area is 188 Å². The van der Waals surface area contributed by atoms with Gasteiger partial charge in [0.25, 0.3) is 5.91 Å². The quantitative estimate of drug-likeness (QED) is 0.373.